The second-order valence-corrected chi connectivity index (χ2v) is 7.98. The summed E-state index contributed by atoms with van der Waals surface area (Å²) in [6, 6.07) is 15.7. The molecule has 34 heavy (non-hydrogen) atoms. The van der Waals surface area contributed by atoms with Crippen LogP contribution in [0.4, 0.5) is 0 Å². The van der Waals surface area contributed by atoms with E-state index in [-0.39, 0.29) is 43.8 Å². The molecular formula is C25H26N2O7. The second-order valence-electron chi connectivity index (χ2n) is 7.98. The van der Waals surface area contributed by atoms with E-state index >= 15 is 0 Å². The molecule has 2 atom stereocenters. The highest BCUT2D eigenvalue weighted by molar-refractivity contribution is 5.89. The molecule has 2 N–H and O–H groups in total. The smallest absolute Gasteiger partial charge is 0.306 e. The van der Waals surface area contributed by atoms with Gasteiger partial charge in [0.15, 0.2) is 0 Å². The molecule has 0 aliphatic carbocycles. The zero-order valence-corrected chi connectivity index (χ0v) is 18.6. The average Bonchev–Trinajstić information content (AvgIpc) is 3.52. The first kappa shape index (κ1) is 23.2. The molecule has 0 bridgehead atoms. The van der Waals surface area contributed by atoms with Crippen molar-refractivity contribution in [3.8, 4) is 5.75 Å². The molecule has 1 aromatic carbocycles. The van der Waals surface area contributed by atoms with Crippen molar-refractivity contribution < 1.29 is 32.7 Å². The zero-order valence-electron chi connectivity index (χ0n) is 18.6. The van der Waals surface area contributed by atoms with Gasteiger partial charge in [0.05, 0.1) is 12.8 Å². The number of hydrogen-bond acceptors (Lipinski definition) is 7. The predicted molar refractivity (Wildman–Crippen MR) is 119 cm³/mol. The fraction of sp³-hybridized carbons (Fsp3) is 0.320. The summed E-state index contributed by atoms with van der Waals surface area (Å²) >= 11 is 0. The summed E-state index contributed by atoms with van der Waals surface area (Å²) in [4.78, 5) is 37.2. The highest BCUT2D eigenvalue weighted by Gasteiger charge is 2.52. The third-order valence-electron chi connectivity index (χ3n) is 5.46. The predicted octanol–water partition coefficient (Wildman–Crippen LogP) is 3.49. The summed E-state index contributed by atoms with van der Waals surface area (Å²) in [7, 11) is 0. The average molecular weight is 466 g/mol. The summed E-state index contributed by atoms with van der Waals surface area (Å²) in [6.45, 7) is 0.249. The molecule has 3 heterocycles. The number of nitrogens with two attached hydrogens (primary N) is 1. The Morgan fingerprint density at radius 3 is 2.50 bits per heavy atom. The summed E-state index contributed by atoms with van der Waals surface area (Å²) in [6.07, 6.45) is 2.32. The number of carbonyl (C=O) groups is 3. The lowest BCUT2D eigenvalue weighted by molar-refractivity contribution is -0.167. The molecule has 3 aromatic rings. The van der Waals surface area contributed by atoms with Crippen LogP contribution in [-0.4, -0.2) is 28.8 Å². The largest absolute Gasteiger partial charge is 0.478 e. The van der Waals surface area contributed by atoms with Crippen LogP contribution >= 0.6 is 0 Å². The molecule has 0 saturated carbocycles. The Balaban J connectivity index is 1.39. The first-order valence-corrected chi connectivity index (χ1v) is 11.1. The van der Waals surface area contributed by atoms with Crippen LogP contribution in [0, 0.1) is 0 Å². The fourth-order valence-electron chi connectivity index (χ4n) is 3.75. The highest BCUT2D eigenvalue weighted by Crippen LogP contribution is 2.39. The summed E-state index contributed by atoms with van der Waals surface area (Å²) in [5.74, 6) is 1.27. The number of likely N-dealkylation sites (tertiary alicyclic amines) is 1. The minimum atomic E-state index is -0.746. The van der Waals surface area contributed by atoms with E-state index in [1.165, 1.54) is 0 Å². The van der Waals surface area contributed by atoms with Gasteiger partial charge in [-0.25, -0.2) is 0 Å². The first-order chi connectivity index (χ1) is 16.5. The SMILES string of the molecule is NC(=O)CCCCC(=O)OCc1ccc(C2C(Oc3ccccc3)C(=O)N2Cc2ccco2)o1. The number of rotatable bonds is 12. The van der Waals surface area contributed by atoms with Crippen LogP contribution in [-0.2, 0) is 32.3 Å². The number of carbonyl (C=O) groups excluding carboxylic acids is 3. The van der Waals surface area contributed by atoms with Gasteiger partial charge in [0.2, 0.25) is 12.0 Å². The summed E-state index contributed by atoms with van der Waals surface area (Å²) in [5.41, 5.74) is 5.09. The van der Waals surface area contributed by atoms with Crippen LogP contribution in [0.5, 0.6) is 5.75 Å². The van der Waals surface area contributed by atoms with Crippen molar-refractivity contribution in [3.63, 3.8) is 0 Å². The number of benzene rings is 1. The molecule has 1 fully saturated rings. The number of unbranched alkanes of at least 4 members (excludes halogenated alkanes) is 1. The number of ether oxygens (including phenoxy) is 2. The monoisotopic (exact) mass is 466 g/mol. The highest BCUT2D eigenvalue weighted by atomic mass is 16.5. The molecule has 1 aliphatic heterocycles. The number of furan rings is 2. The van der Waals surface area contributed by atoms with Crippen LogP contribution in [0.1, 0.15) is 49.0 Å². The molecule has 2 amide bonds. The second kappa shape index (κ2) is 10.7. The van der Waals surface area contributed by atoms with Crippen molar-refractivity contribution >= 4 is 17.8 Å². The van der Waals surface area contributed by atoms with Crippen LogP contribution in [0.15, 0.2) is 69.7 Å². The lowest BCUT2D eigenvalue weighted by Gasteiger charge is -2.44. The number of esters is 1. The Kier molecular flexibility index (Phi) is 7.31. The number of para-hydroxylation sites is 1. The standard InChI is InChI=1S/C25H26N2O7/c26-21(28)10-4-5-11-22(29)32-16-19-12-13-20(33-19)23-24(34-17-7-2-1-3-8-17)25(30)27(23)15-18-9-6-14-31-18/h1-3,6-9,12-14,23-24H,4-5,10-11,15-16H2,(H2,26,28). The van der Waals surface area contributed by atoms with Gasteiger partial charge in [-0.3, -0.25) is 14.4 Å². The van der Waals surface area contributed by atoms with Gasteiger partial charge in [0.1, 0.15) is 35.7 Å². The van der Waals surface area contributed by atoms with Crippen LogP contribution < -0.4 is 10.5 Å². The van der Waals surface area contributed by atoms with E-state index in [1.807, 2.05) is 18.2 Å². The van der Waals surface area contributed by atoms with E-state index in [0.717, 1.165) is 0 Å². The topological polar surface area (TPSA) is 125 Å². The number of hydrogen-bond donors (Lipinski definition) is 1. The molecule has 0 spiro atoms. The van der Waals surface area contributed by atoms with Crippen LogP contribution in [0.25, 0.3) is 0 Å². The Labute approximate surface area is 196 Å². The van der Waals surface area contributed by atoms with E-state index in [4.69, 9.17) is 24.0 Å². The lowest BCUT2D eigenvalue weighted by atomic mass is 9.95. The lowest BCUT2D eigenvalue weighted by Crippen LogP contribution is -2.60. The van der Waals surface area contributed by atoms with Crippen LogP contribution in [0.2, 0.25) is 0 Å². The van der Waals surface area contributed by atoms with Crippen molar-refractivity contribution in [2.45, 2.75) is 51.0 Å². The zero-order chi connectivity index (χ0) is 23.9. The normalized spacial score (nSPS) is 17.3. The van der Waals surface area contributed by atoms with Gasteiger partial charge in [-0.05, 0) is 49.2 Å². The van der Waals surface area contributed by atoms with Gasteiger partial charge in [-0.15, -0.1) is 0 Å². The van der Waals surface area contributed by atoms with E-state index in [1.54, 1.807) is 47.6 Å². The van der Waals surface area contributed by atoms with E-state index in [0.29, 0.717) is 35.9 Å². The molecule has 2 unspecified atom stereocenters. The Bertz CT molecular complexity index is 1110. The van der Waals surface area contributed by atoms with Crippen molar-refractivity contribution in [2.24, 2.45) is 5.73 Å². The number of primary amides is 1. The Morgan fingerprint density at radius 2 is 1.76 bits per heavy atom. The van der Waals surface area contributed by atoms with Gasteiger partial charge in [-0.2, -0.15) is 0 Å². The van der Waals surface area contributed by atoms with Gasteiger partial charge < -0.3 is 28.9 Å². The quantitative estimate of drug-likeness (QED) is 0.246. The summed E-state index contributed by atoms with van der Waals surface area (Å²) in [5, 5.41) is 0. The third kappa shape index (κ3) is 5.67. The first-order valence-electron chi connectivity index (χ1n) is 11.1. The minimum absolute atomic E-state index is 0.0300. The van der Waals surface area contributed by atoms with Crippen molar-refractivity contribution in [1.29, 1.82) is 0 Å². The molecule has 9 nitrogen and oxygen atoms in total. The molecule has 4 rings (SSSR count). The number of nitrogens with zero attached hydrogens (tertiary/aromatic N) is 1. The van der Waals surface area contributed by atoms with Crippen molar-refractivity contribution in [3.05, 3.63) is 78.1 Å². The maximum atomic E-state index is 12.9. The number of amides is 2. The van der Waals surface area contributed by atoms with Gasteiger partial charge in [-0.1, -0.05) is 18.2 Å². The molecule has 2 aromatic heterocycles. The maximum Gasteiger partial charge on any atom is 0.306 e. The molecular weight excluding hydrogens is 440 g/mol. The van der Waals surface area contributed by atoms with E-state index in [9.17, 15) is 14.4 Å². The van der Waals surface area contributed by atoms with Crippen molar-refractivity contribution in [2.75, 3.05) is 0 Å². The van der Waals surface area contributed by atoms with Crippen LogP contribution in [0.3, 0.4) is 0 Å². The van der Waals surface area contributed by atoms with E-state index < -0.39 is 12.1 Å². The summed E-state index contributed by atoms with van der Waals surface area (Å²) < 4.78 is 22.5. The molecule has 9 heteroatoms. The number of β-lactam (4-membered cyclic amide) rings is 1. The minimum Gasteiger partial charge on any atom is -0.478 e. The molecule has 178 valence electrons. The Hall–Kier alpha value is -4.01. The molecule has 0 radical (unpaired) electrons. The van der Waals surface area contributed by atoms with Gasteiger partial charge >= 0.3 is 5.97 Å². The maximum absolute atomic E-state index is 12.9. The van der Waals surface area contributed by atoms with Gasteiger partial charge in [0.25, 0.3) is 5.91 Å². The van der Waals surface area contributed by atoms with E-state index in [2.05, 4.69) is 0 Å². The molecule has 1 aliphatic rings. The molecule has 1 saturated heterocycles. The van der Waals surface area contributed by atoms with Crippen molar-refractivity contribution in [1.82, 2.24) is 4.90 Å². The van der Waals surface area contributed by atoms with Gasteiger partial charge in [0, 0.05) is 12.8 Å². The Morgan fingerprint density at radius 1 is 0.971 bits per heavy atom. The third-order valence-corrected chi connectivity index (χ3v) is 5.46. The fourth-order valence-corrected chi connectivity index (χ4v) is 3.75.